The van der Waals surface area contributed by atoms with E-state index in [-0.39, 0.29) is 22.0 Å². The molecule has 1 rings (SSSR count). The van der Waals surface area contributed by atoms with Crippen LogP contribution in [0.2, 0.25) is 0 Å². The van der Waals surface area contributed by atoms with Crippen LogP contribution in [0, 0.1) is 13.8 Å². The van der Waals surface area contributed by atoms with Crippen LogP contribution in [-0.2, 0) is 11.1 Å². The van der Waals surface area contributed by atoms with Crippen LogP contribution in [0.4, 0.5) is 0 Å². The predicted molar refractivity (Wildman–Crippen MR) is 44.2 cm³/mol. The van der Waals surface area contributed by atoms with Crippen molar-refractivity contribution in [3.8, 4) is 0 Å². The molecule has 0 aliphatic rings. The first-order valence-electron chi connectivity index (χ1n) is 3.39. The van der Waals surface area contributed by atoms with Gasteiger partial charge in [-0.05, 0) is 13.8 Å². The summed E-state index contributed by atoms with van der Waals surface area (Å²) in [7, 11) is 0. The summed E-state index contributed by atoms with van der Waals surface area (Å²) in [6, 6.07) is 0. The Balaban J connectivity index is 3.47. The van der Waals surface area contributed by atoms with E-state index in [0.717, 1.165) is 0 Å². The summed E-state index contributed by atoms with van der Waals surface area (Å²) >= 11 is -2.33. The quantitative estimate of drug-likeness (QED) is 0.706. The van der Waals surface area contributed by atoms with Crippen molar-refractivity contribution in [2.24, 2.45) is 0 Å². The van der Waals surface area contributed by atoms with Crippen molar-refractivity contribution in [3.05, 3.63) is 17.1 Å². The van der Waals surface area contributed by atoms with Crippen LogP contribution >= 0.6 is 0 Å². The molecule has 0 saturated heterocycles. The fourth-order valence-corrected chi connectivity index (χ4v) is 1.81. The van der Waals surface area contributed by atoms with Crippen molar-refractivity contribution in [1.82, 2.24) is 0 Å². The second-order valence-corrected chi connectivity index (χ2v) is 3.38. The lowest BCUT2D eigenvalue weighted by molar-refractivity contribution is 0.0691. The molecule has 0 bridgehead atoms. The molecule has 0 fully saturated rings. The van der Waals surface area contributed by atoms with E-state index in [9.17, 15) is 9.00 Å². The van der Waals surface area contributed by atoms with E-state index in [1.54, 1.807) is 0 Å². The molecule has 1 atom stereocenters. The molecule has 0 aliphatic carbocycles. The van der Waals surface area contributed by atoms with Gasteiger partial charge in [0.25, 0.3) is 0 Å². The number of carboxylic acids is 1. The smallest absolute Gasteiger partial charge is 0.340 e. The summed E-state index contributed by atoms with van der Waals surface area (Å²) in [6.07, 6.45) is 0. The number of carbonyl (C=O) groups is 1. The highest BCUT2D eigenvalue weighted by Crippen LogP contribution is 2.24. The fraction of sp³-hybridized carbons (Fsp3) is 0.286. The van der Waals surface area contributed by atoms with Crippen molar-refractivity contribution in [2.45, 2.75) is 18.7 Å². The first kappa shape index (κ1) is 9.94. The maximum Gasteiger partial charge on any atom is 0.340 e. The highest BCUT2D eigenvalue weighted by Gasteiger charge is 2.24. The van der Waals surface area contributed by atoms with Gasteiger partial charge in [-0.2, -0.15) is 0 Å². The van der Waals surface area contributed by atoms with Gasteiger partial charge in [0.2, 0.25) is 0 Å². The van der Waals surface area contributed by atoms with Crippen molar-refractivity contribution in [3.63, 3.8) is 0 Å². The standard InChI is InChI=1S/C7H8O5S/c1-3-5(7(8)9)6(13(10)11)4(2)12-3/h1-2H3,(H,8,9)(H,10,11). The van der Waals surface area contributed by atoms with Crippen LogP contribution in [-0.4, -0.2) is 19.8 Å². The molecule has 2 N–H and O–H groups in total. The monoisotopic (exact) mass is 204 g/mol. The number of hydrogen-bond donors (Lipinski definition) is 2. The lowest BCUT2D eigenvalue weighted by atomic mass is 10.2. The van der Waals surface area contributed by atoms with E-state index < -0.39 is 17.0 Å². The molecule has 1 aromatic heterocycles. The molecule has 5 nitrogen and oxygen atoms in total. The maximum absolute atomic E-state index is 10.7. The lowest BCUT2D eigenvalue weighted by Gasteiger charge is -1.93. The van der Waals surface area contributed by atoms with E-state index in [4.69, 9.17) is 14.1 Å². The molecule has 0 radical (unpaired) electrons. The Labute approximate surface area is 76.7 Å². The summed E-state index contributed by atoms with van der Waals surface area (Å²) < 4.78 is 24.5. The third-order valence-corrected chi connectivity index (χ3v) is 2.43. The molecule has 0 aliphatic heterocycles. The molecule has 6 heteroatoms. The first-order valence-corrected chi connectivity index (χ1v) is 4.50. The summed E-state index contributed by atoms with van der Waals surface area (Å²) in [5, 5.41) is 8.70. The normalized spacial score (nSPS) is 12.8. The van der Waals surface area contributed by atoms with Crippen LogP contribution in [0.15, 0.2) is 9.31 Å². The molecule has 0 aromatic carbocycles. The third-order valence-electron chi connectivity index (χ3n) is 1.59. The van der Waals surface area contributed by atoms with Gasteiger partial charge in [0.1, 0.15) is 22.0 Å². The Kier molecular flexibility index (Phi) is 2.53. The summed E-state index contributed by atoms with van der Waals surface area (Å²) in [5.41, 5.74) is -0.224. The highest BCUT2D eigenvalue weighted by molar-refractivity contribution is 7.79. The van der Waals surface area contributed by atoms with E-state index in [1.807, 2.05) is 0 Å². The minimum Gasteiger partial charge on any atom is -0.478 e. The molecular formula is C7H8O5S. The van der Waals surface area contributed by atoms with Gasteiger partial charge in [-0.3, -0.25) is 0 Å². The van der Waals surface area contributed by atoms with Crippen molar-refractivity contribution < 1.29 is 23.1 Å². The van der Waals surface area contributed by atoms with E-state index >= 15 is 0 Å². The SMILES string of the molecule is Cc1oc(C)c(S(=O)O)c1C(=O)O. The molecule has 72 valence electrons. The topological polar surface area (TPSA) is 87.7 Å². The molecule has 0 amide bonds. The van der Waals surface area contributed by atoms with Gasteiger partial charge in [0.05, 0.1) is 0 Å². The zero-order valence-electron chi connectivity index (χ0n) is 7.03. The van der Waals surface area contributed by atoms with Crippen molar-refractivity contribution in [1.29, 1.82) is 0 Å². The minimum absolute atomic E-state index is 0.141. The average molecular weight is 204 g/mol. The van der Waals surface area contributed by atoms with Crippen LogP contribution in [0.3, 0.4) is 0 Å². The molecule has 0 spiro atoms. The zero-order chi connectivity index (χ0) is 10.2. The van der Waals surface area contributed by atoms with Gasteiger partial charge in [0.15, 0.2) is 11.1 Å². The Hall–Kier alpha value is -1.14. The Morgan fingerprint density at radius 1 is 1.38 bits per heavy atom. The molecule has 1 aromatic rings. The average Bonchev–Trinajstić information content (AvgIpc) is 2.24. The second-order valence-electron chi connectivity index (χ2n) is 2.47. The number of furan rings is 1. The maximum atomic E-state index is 10.7. The minimum atomic E-state index is -2.33. The fourth-order valence-electron chi connectivity index (χ4n) is 1.12. The Morgan fingerprint density at radius 2 is 1.92 bits per heavy atom. The van der Waals surface area contributed by atoms with E-state index in [1.165, 1.54) is 13.8 Å². The van der Waals surface area contributed by atoms with Gasteiger partial charge < -0.3 is 14.1 Å². The zero-order valence-corrected chi connectivity index (χ0v) is 7.84. The predicted octanol–water partition coefficient (Wildman–Crippen LogP) is 1.18. The van der Waals surface area contributed by atoms with Crippen LogP contribution in [0.1, 0.15) is 21.9 Å². The summed E-state index contributed by atoms with van der Waals surface area (Å²) in [5.74, 6) is -0.954. The van der Waals surface area contributed by atoms with Gasteiger partial charge in [-0.15, -0.1) is 0 Å². The van der Waals surface area contributed by atoms with Crippen LogP contribution < -0.4 is 0 Å². The van der Waals surface area contributed by atoms with Gasteiger partial charge in [0, 0.05) is 0 Å². The third kappa shape index (κ3) is 1.63. The summed E-state index contributed by atoms with van der Waals surface area (Å²) in [4.78, 5) is 10.5. The van der Waals surface area contributed by atoms with Crippen molar-refractivity contribution >= 4 is 17.0 Å². The van der Waals surface area contributed by atoms with Crippen LogP contribution in [0.5, 0.6) is 0 Å². The number of aromatic carboxylic acids is 1. The molecular weight excluding hydrogens is 196 g/mol. The Bertz CT molecular complexity index is 344. The van der Waals surface area contributed by atoms with E-state index in [0.29, 0.717) is 0 Å². The van der Waals surface area contributed by atoms with Crippen molar-refractivity contribution in [2.75, 3.05) is 0 Å². The number of carboxylic acid groups (broad SMARTS) is 1. The molecule has 1 unspecified atom stereocenters. The number of aryl methyl sites for hydroxylation is 2. The van der Waals surface area contributed by atoms with Crippen LogP contribution in [0.25, 0.3) is 0 Å². The largest absolute Gasteiger partial charge is 0.478 e. The van der Waals surface area contributed by atoms with Gasteiger partial charge in [-0.25, -0.2) is 9.00 Å². The molecule has 0 saturated carbocycles. The first-order chi connectivity index (χ1) is 5.95. The molecule has 1 heterocycles. The lowest BCUT2D eigenvalue weighted by Crippen LogP contribution is -2.03. The van der Waals surface area contributed by atoms with Gasteiger partial charge in [-0.1, -0.05) is 0 Å². The summed E-state index contributed by atoms with van der Waals surface area (Å²) in [6.45, 7) is 2.88. The van der Waals surface area contributed by atoms with Gasteiger partial charge >= 0.3 is 5.97 Å². The Morgan fingerprint density at radius 3 is 2.23 bits per heavy atom. The molecule has 13 heavy (non-hydrogen) atoms. The number of hydrogen-bond acceptors (Lipinski definition) is 3. The number of rotatable bonds is 2. The second kappa shape index (κ2) is 3.31. The van der Waals surface area contributed by atoms with E-state index in [2.05, 4.69) is 0 Å². The highest BCUT2D eigenvalue weighted by atomic mass is 32.2.